The fourth-order valence-corrected chi connectivity index (χ4v) is 2.58. The molecule has 84 valence electrons. The van der Waals surface area contributed by atoms with Gasteiger partial charge in [0.25, 0.3) is 0 Å². The second kappa shape index (κ2) is 4.63. The predicted molar refractivity (Wildman–Crippen MR) is 62.6 cm³/mol. The normalized spacial score (nSPS) is 26.4. The van der Waals surface area contributed by atoms with Crippen LogP contribution in [0.15, 0.2) is 0 Å². The molecule has 1 saturated heterocycles. The summed E-state index contributed by atoms with van der Waals surface area (Å²) in [6, 6.07) is 1.49. The molecule has 1 heterocycles. The molecule has 1 aliphatic heterocycles. The second-order valence-corrected chi connectivity index (χ2v) is 5.26. The van der Waals surface area contributed by atoms with Crippen LogP contribution in [0.4, 0.5) is 0 Å². The van der Waals surface area contributed by atoms with Gasteiger partial charge in [0, 0.05) is 24.2 Å². The Morgan fingerprint density at radius 2 is 1.93 bits per heavy atom. The van der Waals surface area contributed by atoms with E-state index >= 15 is 0 Å². The van der Waals surface area contributed by atoms with Crippen LogP contribution >= 0.6 is 0 Å². The van der Waals surface area contributed by atoms with E-state index in [4.69, 9.17) is 0 Å². The highest BCUT2D eigenvalue weighted by molar-refractivity contribution is 4.94. The van der Waals surface area contributed by atoms with Crippen molar-refractivity contribution in [3.05, 3.63) is 0 Å². The zero-order chi connectivity index (χ0) is 10.8. The maximum absolute atomic E-state index is 3.59. The Labute approximate surface area is 89.1 Å². The van der Waals surface area contributed by atoms with E-state index in [1.54, 1.807) is 0 Å². The Kier molecular flexibility index (Phi) is 3.96. The summed E-state index contributed by atoms with van der Waals surface area (Å²) in [4.78, 5) is 2.57. The van der Waals surface area contributed by atoms with Crippen LogP contribution in [0.3, 0.4) is 0 Å². The second-order valence-electron chi connectivity index (χ2n) is 5.26. The summed E-state index contributed by atoms with van der Waals surface area (Å²) >= 11 is 0. The van der Waals surface area contributed by atoms with Crippen molar-refractivity contribution in [1.29, 1.82) is 0 Å². The van der Waals surface area contributed by atoms with Crippen molar-refractivity contribution in [3.63, 3.8) is 0 Å². The molecule has 1 fully saturated rings. The van der Waals surface area contributed by atoms with E-state index in [1.807, 2.05) is 0 Å². The van der Waals surface area contributed by atoms with Crippen LogP contribution in [0, 0.1) is 0 Å². The average molecular weight is 198 g/mol. The number of hydrogen-bond donors (Lipinski definition) is 1. The lowest BCUT2D eigenvalue weighted by atomic mass is 9.99. The van der Waals surface area contributed by atoms with Gasteiger partial charge in [0.2, 0.25) is 0 Å². The highest BCUT2D eigenvalue weighted by atomic mass is 15.2. The molecular formula is C12H26N2. The molecule has 2 nitrogen and oxygen atoms in total. The van der Waals surface area contributed by atoms with Crippen LogP contribution in [0.2, 0.25) is 0 Å². The van der Waals surface area contributed by atoms with Gasteiger partial charge in [-0.3, -0.25) is 4.90 Å². The molecule has 0 radical (unpaired) electrons. The molecule has 0 bridgehead atoms. The van der Waals surface area contributed by atoms with Gasteiger partial charge in [-0.25, -0.2) is 0 Å². The van der Waals surface area contributed by atoms with E-state index in [1.165, 1.54) is 19.3 Å². The topological polar surface area (TPSA) is 15.3 Å². The lowest BCUT2D eigenvalue weighted by Crippen LogP contribution is -2.40. The Hall–Kier alpha value is -0.0800. The summed E-state index contributed by atoms with van der Waals surface area (Å²) in [6.45, 7) is 10.3. The third kappa shape index (κ3) is 2.71. The summed E-state index contributed by atoms with van der Waals surface area (Å²) in [5.74, 6) is 0. The van der Waals surface area contributed by atoms with Crippen molar-refractivity contribution >= 4 is 0 Å². The quantitative estimate of drug-likeness (QED) is 0.745. The summed E-state index contributed by atoms with van der Waals surface area (Å²) in [6.07, 6.45) is 3.81. The van der Waals surface area contributed by atoms with Crippen LogP contribution in [0.5, 0.6) is 0 Å². The molecule has 0 spiro atoms. The molecule has 0 aromatic heterocycles. The van der Waals surface area contributed by atoms with Gasteiger partial charge in [0.15, 0.2) is 0 Å². The Balaban J connectivity index is 2.50. The van der Waals surface area contributed by atoms with Crippen LogP contribution in [0.1, 0.15) is 47.0 Å². The van der Waals surface area contributed by atoms with Gasteiger partial charge < -0.3 is 5.32 Å². The predicted octanol–water partition coefficient (Wildman–Crippen LogP) is 2.25. The molecule has 1 rings (SSSR count). The molecule has 1 atom stereocenters. The molecule has 0 aliphatic carbocycles. The van der Waals surface area contributed by atoms with E-state index in [9.17, 15) is 0 Å². The summed E-state index contributed by atoms with van der Waals surface area (Å²) < 4.78 is 0. The first kappa shape index (κ1) is 12.0. The van der Waals surface area contributed by atoms with E-state index in [0.717, 1.165) is 18.6 Å². The van der Waals surface area contributed by atoms with Crippen molar-refractivity contribution in [3.8, 4) is 0 Å². The first-order valence-electron chi connectivity index (χ1n) is 5.97. The number of nitrogens with one attached hydrogen (secondary N) is 1. The standard InChI is InChI=1S/C12H26N2/c1-6-10(7-2)14(5)11-8-12(3,4)13-9-11/h10-11,13H,6-9H2,1-5H3. The van der Waals surface area contributed by atoms with Gasteiger partial charge in [-0.15, -0.1) is 0 Å². The average Bonchev–Trinajstić information content (AvgIpc) is 2.48. The van der Waals surface area contributed by atoms with Gasteiger partial charge in [0.1, 0.15) is 0 Å². The summed E-state index contributed by atoms with van der Waals surface area (Å²) in [5, 5.41) is 3.59. The highest BCUT2D eigenvalue weighted by Crippen LogP contribution is 2.23. The SMILES string of the molecule is CCC(CC)N(C)C1CNC(C)(C)C1. The molecule has 1 aliphatic rings. The first-order chi connectivity index (χ1) is 6.50. The van der Waals surface area contributed by atoms with Gasteiger partial charge in [-0.1, -0.05) is 13.8 Å². The van der Waals surface area contributed by atoms with Crippen molar-refractivity contribution in [2.24, 2.45) is 0 Å². The van der Waals surface area contributed by atoms with Crippen LogP contribution in [-0.4, -0.2) is 36.1 Å². The fourth-order valence-electron chi connectivity index (χ4n) is 2.58. The van der Waals surface area contributed by atoms with E-state index < -0.39 is 0 Å². The molecule has 1 unspecified atom stereocenters. The minimum Gasteiger partial charge on any atom is -0.310 e. The molecule has 1 N–H and O–H groups in total. The smallest absolute Gasteiger partial charge is 0.0238 e. The molecule has 0 saturated carbocycles. The lowest BCUT2D eigenvalue weighted by molar-refractivity contribution is 0.169. The Morgan fingerprint density at radius 3 is 2.29 bits per heavy atom. The lowest BCUT2D eigenvalue weighted by Gasteiger charge is -2.32. The van der Waals surface area contributed by atoms with Crippen LogP contribution < -0.4 is 5.32 Å². The third-order valence-corrected chi connectivity index (χ3v) is 3.66. The number of likely N-dealkylation sites (N-methyl/N-ethyl adjacent to an activating group) is 1. The van der Waals surface area contributed by atoms with E-state index in [-0.39, 0.29) is 0 Å². The van der Waals surface area contributed by atoms with Crippen LogP contribution in [-0.2, 0) is 0 Å². The largest absolute Gasteiger partial charge is 0.310 e. The van der Waals surface area contributed by atoms with Gasteiger partial charge in [0.05, 0.1) is 0 Å². The van der Waals surface area contributed by atoms with Crippen LogP contribution in [0.25, 0.3) is 0 Å². The number of rotatable bonds is 4. The van der Waals surface area contributed by atoms with Gasteiger partial charge in [-0.05, 0) is 40.2 Å². The van der Waals surface area contributed by atoms with Crippen molar-refractivity contribution in [2.45, 2.75) is 64.6 Å². The fraction of sp³-hybridized carbons (Fsp3) is 1.00. The molecular weight excluding hydrogens is 172 g/mol. The van der Waals surface area contributed by atoms with Crippen molar-refractivity contribution in [2.75, 3.05) is 13.6 Å². The monoisotopic (exact) mass is 198 g/mol. The Bertz CT molecular complexity index is 173. The van der Waals surface area contributed by atoms with Gasteiger partial charge in [-0.2, -0.15) is 0 Å². The summed E-state index contributed by atoms with van der Waals surface area (Å²) in [7, 11) is 2.28. The van der Waals surface area contributed by atoms with E-state index in [2.05, 4.69) is 45.0 Å². The maximum Gasteiger partial charge on any atom is 0.0238 e. The Morgan fingerprint density at radius 1 is 1.36 bits per heavy atom. The highest BCUT2D eigenvalue weighted by Gasteiger charge is 2.33. The van der Waals surface area contributed by atoms with Gasteiger partial charge >= 0.3 is 0 Å². The van der Waals surface area contributed by atoms with E-state index in [0.29, 0.717) is 5.54 Å². The minimum atomic E-state index is 0.338. The molecule has 0 aromatic carbocycles. The third-order valence-electron chi connectivity index (χ3n) is 3.66. The number of hydrogen-bond acceptors (Lipinski definition) is 2. The maximum atomic E-state index is 3.59. The molecule has 14 heavy (non-hydrogen) atoms. The first-order valence-corrected chi connectivity index (χ1v) is 5.97. The summed E-state index contributed by atoms with van der Waals surface area (Å²) in [5.41, 5.74) is 0.338. The number of nitrogens with zero attached hydrogens (tertiary/aromatic N) is 1. The van der Waals surface area contributed by atoms with Crippen molar-refractivity contribution < 1.29 is 0 Å². The zero-order valence-corrected chi connectivity index (χ0v) is 10.4. The van der Waals surface area contributed by atoms with Crippen molar-refractivity contribution in [1.82, 2.24) is 10.2 Å². The molecule has 0 aromatic rings. The minimum absolute atomic E-state index is 0.338. The molecule has 2 heteroatoms. The molecule has 0 amide bonds. The zero-order valence-electron chi connectivity index (χ0n) is 10.4.